The SMILES string of the molecule is O=C(NCC1CC1C(=O)Nc1ccc(C(=O)O)nc1)OCC1c2ccccc2-c2ccccc21. The summed E-state index contributed by atoms with van der Waals surface area (Å²) in [5.74, 6) is -1.48. The number of fused-ring (bicyclic) bond motifs is 3. The Bertz CT molecular complexity index is 1210. The maximum Gasteiger partial charge on any atom is 0.407 e. The van der Waals surface area contributed by atoms with E-state index in [2.05, 4.69) is 39.9 Å². The van der Waals surface area contributed by atoms with Gasteiger partial charge in [0.25, 0.3) is 0 Å². The summed E-state index contributed by atoms with van der Waals surface area (Å²) in [4.78, 5) is 39.3. The normalized spacial score (nSPS) is 17.9. The molecule has 172 valence electrons. The predicted molar refractivity (Wildman–Crippen MR) is 124 cm³/mol. The first-order chi connectivity index (χ1) is 16.5. The molecule has 0 saturated heterocycles. The van der Waals surface area contributed by atoms with Crippen LogP contribution in [0.4, 0.5) is 10.5 Å². The van der Waals surface area contributed by atoms with Gasteiger partial charge < -0.3 is 20.5 Å². The number of alkyl carbamates (subject to hydrolysis) is 1. The monoisotopic (exact) mass is 457 g/mol. The van der Waals surface area contributed by atoms with Gasteiger partial charge in [0.05, 0.1) is 11.9 Å². The van der Waals surface area contributed by atoms with Gasteiger partial charge in [-0.05, 0) is 46.7 Å². The van der Waals surface area contributed by atoms with Crippen LogP contribution in [0.15, 0.2) is 66.9 Å². The lowest BCUT2D eigenvalue weighted by atomic mass is 9.98. The average molecular weight is 457 g/mol. The summed E-state index contributed by atoms with van der Waals surface area (Å²) >= 11 is 0. The van der Waals surface area contributed by atoms with Crippen LogP contribution in [0.2, 0.25) is 0 Å². The van der Waals surface area contributed by atoms with Gasteiger partial charge in [-0.1, -0.05) is 48.5 Å². The maximum absolute atomic E-state index is 12.4. The number of carboxylic acid groups (broad SMARTS) is 1. The second kappa shape index (κ2) is 8.97. The summed E-state index contributed by atoms with van der Waals surface area (Å²) in [5.41, 5.74) is 5.00. The number of hydrogen-bond acceptors (Lipinski definition) is 5. The highest BCUT2D eigenvalue weighted by atomic mass is 16.5. The van der Waals surface area contributed by atoms with E-state index in [1.54, 1.807) is 0 Å². The van der Waals surface area contributed by atoms with Crippen LogP contribution >= 0.6 is 0 Å². The summed E-state index contributed by atoms with van der Waals surface area (Å²) in [6.07, 6.45) is 1.48. The van der Waals surface area contributed by atoms with Crippen LogP contribution < -0.4 is 10.6 Å². The predicted octanol–water partition coefficient (Wildman–Crippen LogP) is 3.89. The van der Waals surface area contributed by atoms with E-state index < -0.39 is 12.1 Å². The van der Waals surface area contributed by atoms with Gasteiger partial charge in [0.1, 0.15) is 12.3 Å². The van der Waals surface area contributed by atoms with Gasteiger partial charge in [0.2, 0.25) is 5.91 Å². The molecular weight excluding hydrogens is 434 g/mol. The maximum atomic E-state index is 12.4. The Balaban J connectivity index is 1.09. The number of hydrogen-bond donors (Lipinski definition) is 3. The molecule has 5 rings (SSSR count). The lowest BCUT2D eigenvalue weighted by molar-refractivity contribution is -0.117. The minimum atomic E-state index is -1.13. The number of aromatic carboxylic acids is 1. The van der Waals surface area contributed by atoms with Crippen molar-refractivity contribution in [2.24, 2.45) is 11.8 Å². The Labute approximate surface area is 196 Å². The highest BCUT2D eigenvalue weighted by Gasteiger charge is 2.43. The molecule has 1 aromatic heterocycles. The van der Waals surface area contributed by atoms with Crippen molar-refractivity contribution < 1.29 is 24.2 Å². The highest BCUT2D eigenvalue weighted by molar-refractivity contribution is 5.94. The van der Waals surface area contributed by atoms with E-state index in [4.69, 9.17) is 9.84 Å². The fourth-order valence-corrected chi connectivity index (χ4v) is 4.49. The van der Waals surface area contributed by atoms with Gasteiger partial charge in [-0.3, -0.25) is 4.79 Å². The largest absolute Gasteiger partial charge is 0.477 e. The van der Waals surface area contributed by atoms with Gasteiger partial charge in [-0.2, -0.15) is 0 Å². The zero-order valence-corrected chi connectivity index (χ0v) is 18.2. The summed E-state index contributed by atoms with van der Waals surface area (Å²) in [6.45, 7) is 0.596. The Morgan fingerprint density at radius 2 is 1.65 bits per heavy atom. The molecule has 3 N–H and O–H groups in total. The topological polar surface area (TPSA) is 118 Å². The third-order valence-electron chi connectivity index (χ3n) is 6.36. The van der Waals surface area contributed by atoms with Crippen LogP contribution in [0.25, 0.3) is 11.1 Å². The fraction of sp³-hybridized carbons (Fsp3) is 0.231. The van der Waals surface area contributed by atoms with Gasteiger partial charge >= 0.3 is 12.1 Å². The van der Waals surface area contributed by atoms with E-state index in [0.29, 0.717) is 18.7 Å². The molecule has 0 bridgehead atoms. The van der Waals surface area contributed by atoms with Crippen molar-refractivity contribution in [2.75, 3.05) is 18.5 Å². The van der Waals surface area contributed by atoms with Crippen molar-refractivity contribution >= 4 is 23.7 Å². The Hall–Kier alpha value is -4.20. The molecule has 1 fully saturated rings. The number of amides is 2. The van der Waals surface area contributed by atoms with Crippen LogP contribution in [0.1, 0.15) is 34.0 Å². The summed E-state index contributed by atoms with van der Waals surface area (Å²) in [6, 6.07) is 19.1. The number of ether oxygens (including phenoxy) is 1. The molecule has 3 aromatic rings. The molecule has 2 aliphatic carbocycles. The molecule has 0 spiro atoms. The van der Waals surface area contributed by atoms with Gasteiger partial charge in [-0.15, -0.1) is 0 Å². The van der Waals surface area contributed by atoms with Crippen molar-refractivity contribution in [3.63, 3.8) is 0 Å². The zero-order chi connectivity index (χ0) is 23.7. The number of rotatable bonds is 7. The average Bonchev–Trinajstić information content (AvgIpc) is 3.57. The van der Waals surface area contributed by atoms with Gasteiger partial charge in [0.15, 0.2) is 0 Å². The van der Waals surface area contributed by atoms with Crippen LogP contribution in [0, 0.1) is 11.8 Å². The van der Waals surface area contributed by atoms with Crippen molar-refractivity contribution in [3.05, 3.63) is 83.7 Å². The zero-order valence-electron chi connectivity index (χ0n) is 18.2. The Morgan fingerprint density at radius 1 is 0.971 bits per heavy atom. The second-order valence-corrected chi connectivity index (χ2v) is 8.54. The van der Waals surface area contributed by atoms with E-state index in [1.165, 1.54) is 29.5 Å². The summed E-state index contributed by atoms with van der Waals surface area (Å²) < 4.78 is 5.53. The number of nitrogens with zero attached hydrogens (tertiary/aromatic N) is 1. The van der Waals surface area contributed by atoms with Crippen LogP contribution in [0.3, 0.4) is 0 Å². The quantitative estimate of drug-likeness (QED) is 0.495. The molecule has 0 aliphatic heterocycles. The van der Waals surface area contributed by atoms with Crippen LogP contribution in [-0.4, -0.2) is 41.2 Å². The number of nitrogens with one attached hydrogen (secondary N) is 2. The van der Waals surface area contributed by atoms with Crippen molar-refractivity contribution in [1.82, 2.24) is 10.3 Å². The summed E-state index contributed by atoms with van der Waals surface area (Å²) in [7, 11) is 0. The third kappa shape index (κ3) is 4.34. The van der Waals surface area contributed by atoms with E-state index in [0.717, 1.165) is 11.1 Å². The number of carbonyl (C=O) groups is 3. The van der Waals surface area contributed by atoms with E-state index in [9.17, 15) is 14.4 Å². The van der Waals surface area contributed by atoms with E-state index in [1.807, 2.05) is 24.3 Å². The first-order valence-corrected chi connectivity index (χ1v) is 11.1. The molecule has 0 radical (unpaired) electrons. The number of carboxylic acids is 1. The highest BCUT2D eigenvalue weighted by Crippen LogP contribution is 2.44. The van der Waals surface area contributed by atoms with Gasteiger partial charge in [-0.25, -0.2) is 14.6 Å². The molecule has 8 heteroatoms. The fourth-order valence-electron chi connectivity index (χ4n) is 4.49. The van der Waals surface area contributed by atoms with E-state index >= 15 is 0 Å². The van der Waals surface area contributed by atoms with Gasteiger partial charge in [0, 0.05) is 18.4 Å². The smallest absolute Gasteiger partial charge is 0.407 e. The molecule has 34 heavy (non-hydrogen) atoms. The van der Waals surface area contributed by atoms with Crippen LogP contribution in [-0.2, 0) is 9.53 Å². The van der Waals surface area contributed by atoms with Crippen molar-refractivity contribution in [1.29, 1.82) is 0 Å². The summed E-state index contributed by atoms with van der Waals surface area (Å²) in [5, 5.41) is 14.4. The number of pyridine rings is 1. The molecule has 1 heterocycles. The number of carbonyl (C=O) groups excluding carboxylic acids is 2. The third-order valence-corrected chi connectivity index (χ3v) is 6.36. The number of aromatic nitrogens is 1. The number of benzene rings is 2. The lowest BCUT2D eigenvalue weighted by Gasteiger charge is -2.14. The minimum absolute atomic E-state index is 0.00118. The standard InChI is InChI=1S/C26H23N3O5/c30-24(29-16-9-10-23(25(31)32)27-13-16)21-11-15(21)12-28-26(33)34-14-22-19-7-3-1-5-17(19)18-6-2-4-8-20(18)22/h1-10,13,15,21-22H,11-12,14H2,(H,28,33)(H,29,30)(H,31,32). The number of anilines is 1. The Kier molecular flexibility index (Phi) is 5.71. The molecule has 2 unspecified atom stereocenters. The molecule has 2 aliphatic rings. The second-order valence-electron chi connectivity index (χ2n) is 8.54. The molecular formula is C26H23N3O5. The van der Waals surface area contributed by atoms with Crippen molar-refractivity contribution in [2.45, 2.75) is 12.3 Å². The molecule has 2 atom stereocenters. The molecule has 2 aromatic carbocycles. The lowest BCUT2D eigenvalue weighted by Crippen LogP contribution is -2.29. The van der Waals surface area contributed by atoms with Crippen molar-refractivity contribution in [3.8, 4) is 11.1 Å². The van der Waals surface area contributed by atoms with Crippen LogP contribution in [0.5, 0.6) is 0 Å². The first-order valence-electron chi connectivity index (χ1n) is 11.1. The molecule has 1 saturated carbocycles. The Morgan fingerprint density at radius 3 is 2.26 bits per heavy atom. The molecule has 8 nitrogen and oxygen atoms in total. The first kappa shape index (κ1) is 21.6. The molecule has 2 amide bonds. The minimum Gasteiger partial charge on any atom is -0.477 e. The van der Waals surface area contributed by atoms with E-state index in [-0.39, 0.29) is 36.0 Å².